The standard InChI is InChI=1S/C47H57N7O7S/c1-31(2)54-38-23-15-21-36(41(55)48-27-24-32-16-9-7-10-17-32)40(38)50-45(54)61-35-28-39-42(56)51-47(44(58)52-62(59,60)46(3)25-26-46)29-33(47)18-11-5-4-6-14-22-37(43(57)53(39)30-35)49-34-19-12-8-13-20-34/h7-13,15-21,23,31,33,35,37,39,49H,4-6,14,22,24-30H2,1-3H3,(H,48,55)(H,51,56)(H,52,58)/b18-11-/t33-,35-,37+,39+,47-/m1/s1. The molecule has 2 aliphatic heterocycles. The van der Waals surface area contributed by atoms with Crippen molar-refractivity contribution in [2.75, 3.05) is 18.4 Å². The van der Waals surface area contributed by atoms with Crippen molar-refractivity contribution in [3.63, 3.8) is 0 Å². The van der Waals surface area contributed by atoms with Crippen molar-refractivity contribution in [2.24, 2.45) is 5.92 Å². The minimum Gasteiger partial charge on any atom is -0.459 e. The average Bonchev–Trinajstić information content (AvgIpc) is 4.07. The van der Waals surface area contributed by atoms with E-state index in [4.69, 9.17) is 9.72 Å². The number of benzene rings is 3. The number of fused-ring (bicyclic) bond motifs is 3. The Morgan fingerprint density at radius 2 is 1.71 bits per heavy atom. The molecule has 0 radical (unpaired) electrons. The van der Waals surface area contributed by atoms with Crippen molar-refractivity contribution in [1.82, 2.24) is 29.8 Å². The van der Waals surface area contributed by atoms with Gasteiger partial charge in [0.15, 0.2) is 0 Å². The number of imidazole rings is 1. The molecule has 2 aliphatic carbocycles. The number of allylic oxidation sites excluding steroid dienone is 1. The van der Waals surface area contributed by atoms with Crippen LogP contribution in [0.25, 0.3) is 11.0 Å². The topological polar surface area (TPSA) is 181 Å². The fraction of sp³-hybridized carbons (Fsp3) is 0.468. The first-order valence-corrected chi connectivity index (χ1v) is 23.4. The molecule has 5 atom stereocenters. The quantitative estimate of drug-likeness (QED) is 0.128. The molecule has 0 bridgehead atoms. The van der Waals surface area contributed by atoms with E-state index in [1.165, 1.54) is 4.90 Å². The Balaban J connectivity index is 1.09. The lowest BCUT2D eigenvalue weighted by molar-refractivity contribution is -0.140. The minimum absolute atomic E-state index is 0.0489. The number of nitrogens with one attached hydrogen (secondary N) is 4. The molecule has 1 aromatic heterocycles. The summed E-state index contributed by atoms with van der Waals surface area (Å²) >= 11 is 0. The number of carbonyl (C=O) groups excluding carboxylic acids is 4. The Morgan fingerprint density at radius 3 is 2.44 bits per heavy atom. The highest BCUT2D eigenvalue weighted by molar-refractivity contribution is 7.91. The number of amides is 4. The van der Waals surface area contributed by atoms with Crippen LogP contribution in [0.2, 0.25) is 0 Å². The molecule has 3 heterocycles. The Morgan fingerprint density at radius 1 is 0.968 bits per heavy atom. The van der Waals surface area contributed by atoms with Gasteiger partial charge in [-0.2, -0.15) is 4.98 Å². The Hall–Kier alpha value is -5.70. The number of hydrogen-bond acceptors (Lipinski definition) is 9. The van der Waals surface area contributed by atoms with Gasteiger partial charge in [-0.25, -0.2) is 8.42 Å². The number of carbonyl (C=O) groups is 4. The number of anilines is 1. The molecule has 62 heavy (non-hydrogen) atoms. The van der Waals surface area contributed by atoms with E-state index in [0.717, 1.165) is 36.9 Å². The third kappa shape index (κ3) is 8.95. The summed E-state index contributed by atoms with van der Waals surface area (Å²) in [5.41, 5.74) is 1.96. The summed E-state index contributed by atoms with van der Waals surface area (Å²) in [6.45, 7) is 6.08. The van der Waals surface area contributed by atoms with Crippen LogP contribution in [0.1, 0.15) is 101 Å². The minimum atomic E-state index is -3.99. The molecule has 15 heteroatoms. The maximum absolute atomic E-state index is 14.8. The lowest BCUT2D eigenvalue weighted by Gasteiger charge is -2.30. The van der Waals surface area contributed by atoms with Crippen LogP contribution in [-0.4, -0.2) is 88.1 Å². The number of sulfonamides is 1. The summed E-state index contributed by atoms with van der Waals surface area (Å²) in [4.78, 5) is 63.5. The van der Waals surface area contributed by atoms with Crippen molar-refractivity contribution < 1.29 is 32.3 Å². The Labute approximate surface area is 363 Å². The van der Waals surface area contributed by atoms with Crippen molar-refractivity contribution in [1.29, 1.82) is 0 Å². The van der Waals surface area contributed by atoms with E-state index >= 15 is 0 Å². The molecule has 1 saturated heterocycles. The number of nitrogens with zero attached hydrogens (tertiary/aromatic N) is 3. The number of rotatable bonds is 12. The average molecular weight is 864 g/mol. The molecule has 4 aliphatic rings. The van der Waals surface area contributed by atoms with Crippen molar-refractivity contribution in [2.45, 2.75) is 119 Å². The lowest BCUT2D eigenvalue weighted by Crippen LogP contribution is -2.58. The zero-order chi connectivity index (χ0) is 43.6. The van der Waals surface area contributed by atoms with Crippen LogP contribution in [0.5, 0.6) is 6.01 Å². The summed E-state index contributed by atoms with van der Waals surface area (Å²) in [6.07, 6.45) is 8.86. The molecule has 3 aromatic carbocycles. The summed E-state index contributed by atoms with van der Waals surface area (Å²) in [5.74, 6) is -2.29. The predicted molar refractivity (Wildman–Crippen MR) is 237 cm³/mol. The zero-order valence-corrected chi connectivity index (χ0v) is 36.5. The maximum atomic E-state index is 14.8. The molecule has 3 fully saturated rings. The monoisotopic (exact) mass is 863 g/mol. The van der Waals surface area contributed by atoms with E-state index in [0.29, 0.717) is 48.8 Å². The molecule has 328 valence electrons. The second-order valence-electron chi connectivity index (χ2n) is 17.8. The SMILES string of the molecule is CC(C)n1c(O[C@@H]2C[C@H]3C(=O)N[C@]4(C(=O)NS(=O)(=O)C5(C)CC5)C[C@H]4/C=C\CCCCC[C@H](Nc4ccccc4)C(=O)N3C2)nc2c(C(=O)NCCc3ccccc3)cccc21. The highest BCUT2D eigenvalue weighted by Gasteiger charge is 2.63. The molecule has 4 N–H and O–H groups in total. The summed E-state index contributed by atoms with van der Waals surface area (Å²) in [6, 6.07) is 23.3. The van der Waals surface area contributed by atoms with Gasteiger partial charge in [-0.05, 0) is 95.5 Å². The normalized spacial score (nSPS) is 25.4. The van der Waals surface area contributed by atoms with Crippen LogP contribution in [0.15, 0.2) is 91.0 Å². The summed E-state index contributed by atoms with van der Waals surface area (Å²) in [7, 11) is -3.99. The van der Waals surface area contributed by atoms with Gasteiger partial charge in [0.2, 0.25) is 21.8 Å². The molecular formula is C47H57N7O7S. The van der Waals surface area contributed by atoms with Crippen LogP contribution in [0, 0.1) is 5.92 Å². The van der Waals surface area contributed by atoms with Gasteiger partial charge >= 0.3 is 0 Å². The van der Waals surface area contributed by atoms with Gasteiger partial charge in [0, 0.05) is 30.6 Å². The smallest absolute Gasteiger partial charge is 0.297 e. The predicted octanol–water partition coefficient (Wildman–Crippen LogP) is 5.81. The Bertz CT molecular complexity index is 2450. The van der Waals surface area contributed by atoms with Gasteiger partial charge in [-0.3, -0.25) is 28.5 Å². The van der Waals surface area contributed by atoms with Gasteiger partial charge in [0.05, 0.1) is 22.4 Å². The molecule has 14 nitrogen and oxygen atoms in total. The third-order valence-electron chi connectivity index (χ3n) is 12.9. The summed E-state index contributed by atoms with van der Waals surface area (Å²) in [5, 5.41) is 9.42. The van der Waals surface area contributed by atoms with Crippen LogP contribution < -0.4 is 25.4 Å². The molecule has 4 amide bonds. The van der Waals surface area contributed by atoms with Crippen molar-refractivity contribution in [3.8, 4) is 6.01 Å². The van der Waals surface area contributed by atoms with Gasteiger partial charge in [-0.1, -0.05) is 79.6 Å². The fourth-order valence-electron chi connectivity index (χ4n) is 8.75. The van der Waals surface area contributed by atoms with E-state index in [2.05, 4.69) is 20.7 Å². The maximum Gasteiger partial charge on any atom is 0.297 e. The molecule has 4 aromatic rings. The van der Waals surface area contributed by atoms with Crippen LogP contribution in [0.4, 0.5) is 5.69 Å². The van der Waals surface area contributed by atoms with Gasteiger partial charge in [-0.15, -0.1) is 0 Å². The van der Waals surface area contributed by atoms with Crippen LogP contribution in [0.3, 0.4) is 0 Å². The van der Waals surface area contributed by atoms with Crippen LogP contribution >= 0.6 is 0 Å². The number of aromatic nitrogens is 2. The molecule has 8 rings (SSSR count). The van der Waals surface area contributed by atoms with E-state index in [1.54, 1.807) is 13.0 Å². The Kier molecular flexibility index (Phi) is 12.2. The second kappa shape index (κ2) is 17.6. The lowest BCUT2D eigenvalue weighted by atomic mass is 10.0. The number of hydrogen-bond donors (Lipinski definition) is 4. The van der Waals surface area contributed by atoms with Gasteiger partial charge in [0.1, 0.15) is 29.2 Å². The van der Waals surface area contributed by atoms with E-state index in [1.807, 2.05) is 103 Å². The van der Waals surface area contributed by atoms with Crippen LogP contribution in [-0.2, 0) is 30.8 Å². The van der Waals surface area contributed by atoms with Crippen molar-refractivity contribution in [3.05, 3.63) is 102 Å². The zero-order valence-electron chi connectivity index (χ0n) is 35.6. The van der Waals surface area contributed by atoms with E-state index in [9.17, 15) is 27.6 Å². The first kappa shape index (κ1) is 43.0. The molecule has 0 spiro atoms. The molecule has 2 saturated carbocycles. The first-order chi connectivity index (χ1) is 29.8. The first-order valence-electron chi connectivity index (χ1n) is 22.0. The third-order valence-corrected chi connectivity index (χ3v) is 15.0. The number of ether oxygens (including phenoxy) is 1. The highest BCUT2D eigenvalue weighted by atomic mass is 32.2. The van der Waals surface area contributed by atoms with E-state index < -0.39 is 56.2 Å². The van der Waals surface area contributed by atoms with E-state index in [-0.39, 0.29) is 43.3 Å². The molecule has 0 unspecified atom stereocenters. The second-order valence-corrected chi connectivity index (χ2v) is 20.0. The van der Waals surface area contributed by atoms with Crippen molar-refractivity contribution >= 4 is 50.4 Å². The van der Waals surface area contributed by atoms with Gasteiger partial charge in [0.25, 0.3) is 17.8 Å². The fourth-order valence-corrected chi connectivity index (χ4v) is 10.1. The van der Waals surface area contributed by atoms with Gasteiger partial charge < -0.3 is 25.6 Å². The highest BCUT2D eigenvalue weighted by Crippen LogP contribution is 2.47. The molecular weight excluding hydrogens is 807 g/mol. The number of para-hydroxylation sites is 2. The largest absolute Gasteiger partial charge is 0.459 e. The summed E-state index contributed by atoms with van der Waals surface area (Å²) < 4.78 is 36.4.